The van der Waals surface area contributed by atoms with E-state index in [-0.39, 0.29) is 5.91 Å². The summed E-state index contributed by atoms with van der Waals surface area (Å²) >= 11 is 0. The van der Waals surface area contributed by atoms with Gasteiger partial charge in [0, 0.05) is 32.1 Å². The van der Waals surface area contributed by atoms with Gasteiger partial charge in [0.05, 0.1) is 20.3 Å². The van der Waals surface area contributed by atoms with Crippen molar-refractivity contribution in [2.45, 2.75) is 39.2 Å². The quantitative estimate of drug-likeness (QED) is 0.745. The molecule has 1 aliphatic rings. The van der Waals surface area contributed by atoms with Gasteiger partial charge in [-0.05, 0) is 30.4 Å². The van der Waals surface area contributed by atoms with Gasteiger partial charge in [-0.2, -0.15) is 0 Å². The third kappa shape index (κ3) is 6.67. The molecule has 25 heavy (non-hydrogen) atoms. The van der Waals surface area contributed by atoms with Crippen LogP contribution < -0.4 is 10.1 Å². The molecule has 0 aliphatic carbocycles. The number of nitrogens with zero attached hydrogens (tertiary/aromatic N) is 1. The molecule has 1 unspecified atom stereocenters. The third-order valence-corrected chi connectivity index (χ3v) is 4.65. The lowest BCUT2D eigenvalue weighted by Gasteiger charge is -2.35. The second-order valence-electron chi connectivity index (χ2n) is 7.05. The molecular formula is C20H32N2O3. The zero-order chi connectivity index (χ0) is 18.1. The SMILES string of the molecule is COc1ccccc1CCC(=O)NCC(CC(C)C)N1CCOCC1. The van der Waals surface area contributed by atoms with Crippen LogP contribution in [0.5, 0.6) is 5.75 Å². The molecule has 1 atom stereocenters. The van der Waals surface area contributed by atoms with Crippen LogP contribution in [0.1, 0.15) is 32.3 Å². The first-order chi connectivity index (χ1) is 12.1. The van der Waals surface area contributed by atoms with Gasteiger partial charge in [0.15, 0.2) is 0 Å². The van der Waals surface area contributed by atoms with Crippen LogP contribution in [-0.4, -0.2) is 56.8 Å². The minimum atomic E-state index is 0.105. The number of ether oxygens (including phenoxy) is 2. The molecule has 1 aromatic carbocycles. The van der Waals surface area contributed by atoms with E-state index in [4.69, 9.17) is 9.47 Å². The summed E-state index contributed by atoms with van der Waals surface area (Å²) < 4.78 is 10.8. The summed E-state index contributed by atoms with van der Waals surface area (Å²) in [6, 6.07) is 8.26. The molecule has 1 aromatic rings. The van der Waals surface area contributed by atoms with Crippen molar-refractivity contribution in [2.75, 3.05) is 40.0 Å². The maximum Gasteiger partial charge on any atom is 0.220 e. The van der Waals surface area contributed by atoms with Gasteiger partial charge >= 0.3 is 0 Å². The summed E-state index contributed by atoms with van der Waals surface area (Å²) in [5.41, 5.74) is 1.08. The Bertz CT molecular complexity index is 527. The molecule has 1 aliphatic heterocycles. The molecule has 0 aromatic heterocycles. The van der Waals surface area contributed by atoms with Crippen molar-refractivity contribution in [3.8, 4) is 5.75 Å². The number of rotatable bonds is 9. The highest BCUT2D eigenvalue weighted by Crippen LogP contribution is 2.19. The summed E-state index contributed by atoms with van der Waals surface area (Å²) in [6.07, 6.45) is 2.27. The average molecular weight is 348 g/mol. The largest absolute Gasteiger partial charge is 0.496 e. The molecule has 5 nitrogen and oxygen atoms in total. The fraction of sp³-hybridized carbons (Fsp3) is 0.650. The van der Waals surface area contributed by atoms with Gasteiger partial charge in [-0.25, -0.2) is 0 Å². The first-order valence-corrected chi connectivity index (χ1v) is 9.30. The number of amides is 1. The van der Waals surface area contributed by atoms with Crippen molar-refractivity contribution in [1.82, 2.24) is 10.2 Å². The molecule has 0 radical (unpaired) electrons. The highest BCUT2D eigenvalue weighted by molar-refractivity contribution is 5.76. The zero-order valence-electron chi connectivity index (χ0n) is 15.8. The van der Waals surface area contributed by atoms with Crippen molar-refractivity contribution < 1.29 is 14.3 Å². The predicted molar refractivity (Wildman–Crippen MR) is 100.0 cm³/mol. The van der Waals surface area contributed by atoms with Gasteiger partial charge in [-0.1, -0.05) is 32.0 Å². The number of nitrogens with one attached hydrogen (secondary N) is 1. The molecule has 1 N–H and O–H groups in total. The molecule has 1 amide bonds. The highest BCUT2D eigenvalue weighted by Gasteiger charge is 2.22. The molecule has 1 heterocycles. The number of hydrogen-bond acceptors (Lipinski definition) is 4. The molecule has 0 spiro atoms. The lowest BCUT2D eigenvalue weighted by molar-refractivity contribution is -0.121. The Labute approximate surface area is 151 Å². The van der Waals surface area contributed by atoms with Crippen LogP contribution in [0.2, 0.25) is 0 Å². The summed E-state index contributed by atoms with van der Waals surface area (Å²) in [5.74, 6) is 1.56. The molecule has 1 saturated heterocycles. The Morgan fingerprint density at radius 2 is 2.00 bits per heavy atom. The fourth-order valence-corrected chi connectivity index (χ4v) is 3.33. The van der Waals surface area contributed by atoms with Crippen molar-refractivity contribution >= 4 is 5.91 Å². The Hall–Kier alpha value is -1.59. The first kappa shape index (κ1) is 19.7. The lowest BCUT2D eigenvalue weighted by atomic mass is 10.0. The molecule has 0 saturated carbocycles. The number of carbonyl (C=O) groups is 1. The van der Waals surface area contributed by atoms with Crippen molar-refractivity contribution in [3.05, 3.63) is 29.8 Å². The topological polar surface area (TPSA) is 50.8 Å². The Kier molecular flexibility index (Phi) is 8.22. The number of hydrogen-bond donors (Lipinski definition) is 1. The second kappa shape index (κ2) is 10.4. The van der Waals surface area contributed by atoms with E-state index in [1.807, 2.05) is 24.3 Å². The van der Waals surface area contributed by atoms with Crippen molar-refractivity contribution in [3.63, 3.8) is 0 Å². The van der Waals surface area contributed by atoms with E-state index in [0.29, 0.717) is 31.3 Å². The minimum absolute atomic E-state index is 0.105. The molecule has 140 valence electrons. The van der Waals surface area contributed by atoms with E-state index >= 15 is 0 Å². The van der Waals surface area contributed by atoms with Crippen LogP contribution in [0.15, 0.2) is 24.3 Å². The van der Waals surface area contributed by atoms with Gasteiger partial charge in [0.25, 0.3) is 0 Å². The summed E-state index contributed by atoms with van der Waals surface area (Å²) in [4.78, 5) is 14.7. The van der Waals surface area contributed by atoms with E-state index in [0.717, 1.165) is 44.0 Å². The van der Waals surface area contributed by atoms with Crippen LogP contribution in [0, 0.1) is 5.92 Å². The molecule has 0 bridgehead atoms. The van der Waals surface area contributed by atoms with Gasteiger partial charge in [0.2, 0.25) is 5.91 Å². The van der Waals surface area contributed by atoms with E-state index in [1.54, 1.807) is 7.11 Å². The minimum Gasteiger partial charge on any atom is -0.496 e. The number of para-hydroxylation sites is 1. The molecule has 1 fully saturated rings. The maximum absolute atomic E-state index is 12.3. The zero-order valence-corrected chi connectivity index (χ0v) is 15.8. The number of carbonyl (C=O) groups excluding carboxylic acids is 1. The van der Waals surface area contributed by atoms with Crippen LogP contribution in [0.3, 0.4) is 0 Å². The molecule has 2 rings (SSSR count). The average Bonchev–Trinajstić information content (AvgIpc) is 2.64. The van der Waals surface area contributed by atoms with E-state index in [2.05, 4.69) is 24.1 Å². The number of methoxy groups -OCH3 is 1. The Balaban J connectivity index is 1.81. The fourth-order valence-electron chi connectivity index (χ4n) is 3.33. The molecule has 5 heteroatoms. The number of aryl methyl sites for hydroxylation is 1. The third-order valence-electron chi connectivity index (χ3n) is 4.65. The van der Waals surface area contributed by atoms with Crippen LogP contribution in [0.25, 0.3) is 0 Å². The van der Waals surface area contributed by atoms with Gasteiger partial charge < -0.3 is 14.8 Å². The Morgan fingerprint density at radius 3 is 2.68 bits per heavy atom. The molecular weight excluding hydrogens is 316 g/mol. The number of morpholine rings is 1. The van der Waals surface area contributed by atoms with E-state index in [1.165, 1.54) is 0 Å². The van der Waals surface area contributed by atoms with Gasteiger partial charge in [-0.3, -0.25) is 9.69 Å². The second-order valence-corrected chi connectivity index (χ2v) is 7.05. The predicted octanol–water partition coefficient (Wildman–Crippen LogP) is 2.49. The van der Waals surface area contributed by atoms with Gasteiger partial charge in [-0.15, -0.1) is 0 Å². The summed E-state index contributed by atoms with van der Waals surface area (Å²) in [6.45, 7) is 8.66. The van der Waals surface area contributed by atoms with E-state index in [9.17, 15) is 4.79 Å². The first-order valence-electron chi connectivity index (χ1n) is 9.30. The van der Waals surface area contributed by atoms with Crippen LogP contribution in [0.4, 0.5) is 0 Å². The van der Waals surface area contributed by atoms with Crippen LogP contribution in [-0.2, 0) is 16.0 Å². The summed E-state index contributed by atoms with van der Waals surface area (Å²) in [7, 11) is 1.66. The lowest BCUT2D eigenvalue weighted by Crippen LogP contribution is -2.49. The van der Waals surface area contributed by atoms with Crippen LogP contribution >= 0.6 is 0 Å². The van der Waals surface area contributed by atoms with Crippen molar-refractivity contribution in [2.24, 2.45) is 5.92 Å². The normalized spacial score (nSPS) is 16.6. The van der Waals surface area contributed by atoms with Gasteiger partial charge in [0.1, 0.15) is 5.75 Å². The smallest absolute Gasteiger partial charge is 0.220 e. The monoisotopic (exact) mass is 348 g/mol. The van der Waals surface area contributed by atoms with Crippen molar-refractivity contribution in [1.29, 1.82) is 0 Å². The number of benzene rings is 1. The maximum atomic E-state index is 12.3. The summed E-state index contributed by atoms with van der Waals surface area (Å²) in [5, 5.41) is 3.13. The Morgan fingerprint density at radius 1 is 1.28 bits per heavy atom. The highest BCUT2D eigenvalue weighted by atomic mass is 16.5. The van der Waals surface area contributed by atoms with E-state index < -0.39 is 0 Å². The standard InChI is InChI=1S/C20H32N2O3/c1-16(2)14-18(22-10-12-25-13-11-22)15-21-20(23)9-8-17-6-4-5-7-19(17)24-3/h4-7,16,18H,8-15H2,1-3H3,(H,21,23).